The molecule has 3 heterocycles. The molecule has 0 aliphatic heterocycles. The van der Waals surface area contributed by atoms with Gasteiger partial charge in [-0.05, 0) is 95.8 Å². The molecule has 0 aliphatic carbocycles. The molecule has 0 saturated heterocycles. The first-order valence-electron chi connectivity index (χ1n) is 23.9. The summed E-state index contributed by atoms with van der Waals surface area (Å²) in [6, 6.07) is 84.7. The van der Waals surface area contributed by atoms with Crippen LogP contribution in [0.25, 0.3) is 123 Å². The minimum absolute atomic E-state index is 0.600. The predicted octanol–water partition coefficient (Wildman–Crippen LogP) is 16.7. The van der Waals surface area contributed by atoms with E-state index in [4.69, 9.17) is 15.0 Å². The summed E-state index contributed by atoms with van der Waals surface area (Å²) in [4.78, 5) is 15.5. The molecule has 0 radical (unpaired) electrons. The molecule has 0 amide bonds. The number of aryl methyl sites for hydroxylation is 2. The van der Waals surface area contributed by atoms with Crippen molar-refractivity contribution in [1.82, 2.24) is 24.1 Å². The number of hydrogen-bond donors (Lipinski definition) is 0. The van der Waals surface area contributed by atoms with Crippen LogP contribution in [0, 0.1) is 13.8 Å². The Morgan fingerprint density at radius 1 is 0.257 bits per heavy atom. The second kappa shape index (κ2) is 16.8. The molecule has 13 aromatic rings. The lowest BCUT2D eigenvalue weighted by molar-refractivity contribution is 1.07. The van der Waals surface area contributed by atoms with Crippen LogP contribution in [0.5, 0.6) is 0 Å². The van der Waals surface area contributed by atoms with Crippen molar-refractivity contribution in [3.05, 3.63) is 248 Å². The molecule has 5 nitrogen and oxygen atoms in total. The Balaban J connectivity index is 1.08. The minimum atomic E-state index is 0.600. The average Bonchev–Trinajstić information content (AvgIpc) is 3.93. The molecular formula is C65H45N5. The summed E-state index contributed by atoms with van der Waals surface area (Å²) in [5, 5.41) is 4.79. The zero-order valence-electron chi connectivity index (χ0n) is 38.8. The Morgan fingerprint density at radius 2 is 0.643 bits per heavy atom. The van der Waals surface area contributed by atoms with E-state index in [0.29, 0.717) is 17.5 Å². The van der Waals surface area contributed by atoms with Crippen LogP contribution in [0.1, 0.15) is 11.1 Å². The molecule has 10 aromatic carbocycles. The molecule has 0 spiro atoms. The molecule has 0 fully saturated rings. The van der Waals surface area contributed by atoms with Crippen LogP contribution in [-0.2, 0) is 0 Å². The van der Waals surface area contributed by atoms with Gasteiger partial charge in [0.1, 0.15) is 0 Å². The standard InChI is InChI=1S/C65H45N5/c1-42-19-9-11-25-49(42)46-34-37-60-55(39-46)52-28-14-17-31-58(52)69(60)57-30-16-13-27-51(57)54-36-33-48(65-67-63(44-21-5-3-6-22-44)66-64(68-65)45-23-7-4-8-24-45)41-62(54)70-59-32-18-15-29-53(59)56-40-47(35-38-61(56)70)50-26-12-10-20-43(50)2/h3-41H,1-2H3. The van der Waals surface area contributed by atoms with Crippen LogP contribution in [0.15, 0.2) is 237 Å². The maximum atomic E-state index is 5.23. The highest BCUT2D eigenvalue weighted by atomic mass is 15.0. The van der Waals surface area contributed by atoms with Gasteiger partial charge in [-0.25, -0.2) is 15.0 Å². The molecule has 0 N–H and O–H groups in total. The number of fused-ring (bicyclic) bond motifs is 6. The average molecular weight is 896 g/mol. The van der Waals surface area contributed by atoms with Crippen LogP contribution in [0.2, 0.25) is 0 Å². The first-order chi connectivity index (χ1) is 34.6. The lowest BCUT2D eigenvalue weighted by Crippen LogP contribution is -2.03. The van der Waals surface area contributed by atoms with E-state index in [9.17, 15) is 0 Å². The summed E-state index contributed by atoms with van der Waals surface area (Å²) < 4.78 is 4.89. The van der Waals surface area contributed by atoms with E-state index >= 15 is 0 Å². The van der Waals surface area contributed by atoms with Gasteiger partial charge in [0.15, 0.2) is 17.5 Å². The molecule has 330 valence electrons. The molecule has 5 heteroatoms. The van der Waals surface area contributed by atoms with Gasteiger partial charge in [0, 0.05) is 49.4 Å². The van der Waals surface area contributed by atoms with E-state index in [2.05, 4.69) is 223 Å². The lowest BCUT2D eigenvalue weighted by atomic mass is 9.98. The van der Waals surface area contributed by atoms with E-state index in [1.54, 1.807) is 0 Å². The van der Waals surface area contributed by atoms with E-state index in [1.807, 2.05) is 36.4 Å². The molecule has 0 unspecified atom stereocenters. The normalized spacial score (nSPS) is 11.6. The van der Waals surface area contributed by atoms with Crippen LogP contribution in [0.4, 0.5) is 0 Å². The number of rotatable bonds is 8. The van der Waals surface area contributed by atoms with E-state index in [0.717, 1.165) is 61.3 Å². The summed E-state index contributed by atoms with van der Waals surface area (Å²) in [5.74, 6) is 1.85. The topological polar surface area (TPSA) is 48.5 Å². The maximum absolute atomic E-state index is 5.23. The first-order valence-corrected chi connectivity index (χ1v) is 23.9. The fraction of sp³-hybridized carbons (Fsp3) is 0.0308. The smallest absolute Gasteiger partial charge is 0.164 e. The number of aromatic nitrogens is 5. The van der Waals surface area contributed by atoms with Gasteiger partial charge in [-0.2, -0.15) is 0 Å². The fourth-order valence-electron chi connectivity index (χ4n) is 10.5. The quantitative estimate of drug-likeness (QED) is 0.153. The number of para-hydroxylation sites is 3. The fourth-order valence-corrected chi connectivity index (χ4v) is 10.5. The SMILES string of the molecule is Cc1ccccc1-c1ccc2c(c1)c1ccccc1n2-c1ccccc1-c1ccc(-c2nc(-c3ccccc3)nc(-c3ccccc3)n2)cc1-n1c2ccccc2c2cc(-c3ccccc3C)ccc21. The monoisotopic (exact) mass is 895 g/mol. The zero-order chi connectivity index (χ0) is 46.7. The van der Waals surface area contributed by atoms with Crippen molar-refractivity contribution < 1.29 is 0 Å². The van der Waals surface area contributed by atoms with Gasteiger partial charge in [-0.3, -0.25) is 0 Å². The van der Waals surface area contributed by atoms with Crippen molar-refractivity contribution in [3.63, 3.8) is 0 Å². The van der Waals surface area contributed by atoms with Crippen molar-refractivity contribution in [3.8, 4) is 78.9 Å². The van der Waals surface area contributed by atoms with Gasteiger partial charge < -0.3 is 9.13 Å². The van der Waals surface area contributed by atoms with Gasteiger partial charge in [0.2, 0.25) is 0 Å². The maximum Gasteiger partial charge on any atom is 0.164 e. The van der Waals surface area contributed by atoms with E-state index in [-0.39, 0.29) is 0 Å². The Labute approximate surface area is 406 Å². The second-order valence-electron chi connectivity index (χ2n) is 18.1. The van der Waals surface area contributed by atoms with Gasteiger partial charge in [0.05, 0.1) is 33.4 Å². The third-order valence-electron chi connectivity index (χ3n) is 13.9. The van der Waals surface area contributed by atoms with Gasteiger partial charge >= 0.3 is 0 Å². The van der Waals surface area contributed by atoms with Gasteiger partial charge in [-0.15, -0.1) is 0 Å². The molecular weight excluding hydrogens is 851 g/mol. The summed E-state index contributed by atoms with van der Waals surface area (Å²) in [6.45, 7) is 4.37. The van der Waals surface area contributed by atoms with Crippen molar-refractivity contribution in [2.24, 2.45) is 0 Å². The highest BCUT2D eigenvalue weighted by Crippen LogP contribution is 2.43. The number of nitrogens with zero attached hydrogens (tertiary/aromatic N) is 5. The van der Waals surface area contributed by atoms with E-state index < -0.39 is 0 Å². The summed E-state index contributed by atoms with van der Waals surface area (Å²) in [5.41, 5.74) is 18.9. The molecule has 70 heavy (non-hydrogen) atoms. The lowest BCUT2D eigenvalue weighted by Gasteiger charge is -2.20. The molecule has 0 aliphatic rings. The largest absolute Gasteiger partial charge is 0.309 e. The van der Waals surface area contributed by atoms with E-state index in [1.165, 1.54) is 54.9 Å². The molecule has 3 aromatic heterocycles. The van der Waals surface area contributed by atoms with Gasteiger partial charge in [-0.1, -0.05) is 188 Å². The van der Waals surface area contributed by atoms with Crippen molar-refractivity contribution in [2.45, 2.75) is 13.8 Å². The first kappa shape index (κ1) is 41.0. The molecule has 0 atom stereocenters. The van der Waals surface area contributed by atoms with Crippen LogP contribution < -0.4 is 0 Å². The highest BCUT2D eigenvalue weighted by Gasteiger charge is 2.23. The molecule has 13 rings (SSSR count). The van der Waals surface area contributed by atoms with Crippen LogP contribution >= 0.6 is 0 Å². The van der Waals surface area contributed by atoms with Crippen molar-refractivity contribution in [1.29, 1.82) is 0 Å². The minimum Gasteiger partial charge on any atom is -0.309 e. The summed E-state index contributed by atoms with van der Waals surface area (Å²) in [6.07, 6.45) is 0. The second-order valence-corrected chi connectivity index (χ2v) is 18.1. The van der Waals surface area contributed by atoms with Crippen LogP contribution in [-0.4, -0.2) is 24.1 Å². The van der Waals surface area contributed by atoms with Crippen LogP contribution in [0.3, 0.4) is 0 Å². The van der Waals surface area contributed by atoms with Gasteiger partial charge in [0.25, 0.3) is 0 Å². The Morgan fingerprint density at radius 3 is 1.17 bits per heavy atom. The Bertz CT molecular complexity index is 4090. The highest BCUT2D eigenvalue weighted by molar-refractivity contribution is 6.13. The Hall–Kier alpha value is -9.19. The summed E-state index contributed by atoms with van der Waals surface area (Å²) in [7, 11) is 0. The third kappa shape index (κ3) is 6.90. The Kier molecular flexibility index (Phi) is 9.88. The zero-order valence-corrected chi connectivity index (χ0v) is 38.8. The molecule has 0 saturated carbocycles. The summed E-state index contributed by atoms with van der Waals surface area (Å²) >= 11 is 0. The van der Waals surface area contributed by atoms with Crippen molar-refractivity contribution >= 4 is 43.6 Å². The molecule has 0 bridgehead atoms. The third-order valence-corrected chi connectivity index (χ3v) is 13.9. The van der Waals surface area contributed by atoms with Crippen molar-refractivity contribution in [2.75, 3.05) is 0 Å². The number of hydrogen-bond acceptors (Lipinski definition) is 3. The number of benzene rings is 10. The predicted molar refractivity (Wildman–Crippen MR) is 291 cm³/mol.